The van der Waals surface area contributed by atoms with Gasteiger partial charge in [0.1, 0.15) is 5.69 Å². The van der Waals surface area contributed by atoms with Crippen molar-refractivity contribution in [1.82, 2.24) is 4.98 Å². The Kier molecular flexibility index (Phi) is 2.28. The van der Waals surface area contributed by atoms with Crippen molar-refractivity contribution in [3.8, 4) is 17.4 Å². The molecule has 0 N–H and O–H groups in total. The van der Waals surface area contributed by atoms with E-state index in [4.69, 9.17) is 9.68 Å². The summed E-state index contributed by atoms with van der Waals surface area (Å²) >= 11 is 0. The number of nitriles is 1. The van der Waals surface area contributed by atoms with Crippen LogP contribution in [0.3, 0.4) is 0 Å². The Balaban J connectivity index is 2.43. The molecule has 3 heteroatoms. The van der Waals surface area contributed by atoms with Crippen molar-refractivity contribution in [2.24, 2.45) is 0 Å². The normalized spacial score (nSPS) is 9.64. The third-order valence-corrected chi connectivity index (χ3v) is 1.92. The van der Waals surface area contributed by atoms with Gasteiger partial charge in [-0.2, -0.15) is 5.26 Å². The van der Waals surface area contributed by atoms with Crippen molar-refractivity contribution >= 4 is 0 Å². The number of aromatic nitrogens is 1. The van der Waals surface area contributed by atoms with Crippen LogP contribution < -0.4 is 0 Å². The van der Waals surface area contributed by atoms with Gasteiger partial charge in [-0.15, -0.1) is 0 Å². The fourth-order valence-electron chi connectivity index (χ4n) is 1.29. The van der Waals surface area contributed by atoms with Gasteiger partial charge in [0.25, 0.3) is 0 Å². The molecule has 0 saturated heterocycles. The molecule has 14 heavy (non-hydrogen) atoms. The van der Waals surface area contributed by atoms with Crippen molar-refractivity contribution < 1.29 is 4.42 Å². The smallest absolute Gasteiger partial charge is 0.181 e. The summed E-state index contributed by atoms with van der Waals surface area (Å²) in [6, 6.07) is 11.7. The van der Waals surface area contributed by atoms with Gasteiger partial charge in [0, 0.05) is 5.56 Å². The minimum atomic E-state index is 0.278. The lowest BCUT2D eigenvalue weighted by Crippen LogP contribution is -1.84. The number of nitrogens with zero attached hydrogens (tertiary/aromatic N) is 2. The molecule has 0 saturated carbocycles. The van der Waals surface area contributed by atoms with Crippen LogP contribution in [-0.4, -0.2) is 4.98 Å². The van der Waals surface area contributed by atoms with Gasteiger partial charge in [-0.1, -0.05) is 30.3 Å². The van der Waals surface area contributed by atoms with Gasteiger partial charge in [0.05, 0.1) is 12.5 Å². The molecule has 0 radical (unpaired) electrons. The van der Waals surface area contributed by atoms with Gasteiger partial charge < -0.3 is 4.42 Å². The standard InChI is InChI=1S/C11H8N2O/c12-7-6-10-11(14-8-13-10)9-4-2-1-3-5-9/h1-5,8H,6H2. The highest BCUT2D eigenvalue weighted by Gasteiger charge is 2.08. The predicted octanol–water partition coefficient (Wildman–Crippen LogP) is 2.41. The first-order valence-corrected chi connectivity index (χ1v) is 4.26. The fourth-order valence-corrected chi connectivity index (χ4v) is 1.29. The summed E-state index contributed by atoms with van der Waals surface area (Å²) in [6.07, 6.45) is 1.65. The molecule has 1 aromatic carbocycles. The van der Waals surface area contributed by atoms with E-state index in [0.717, 1.165) is 5.56 Å². The van der Waals surface area contributed by atoms with E-state index in [2.05, 4.69) is 11.1 Å². The fraction of sp³-hybridized carbons (Fsp3) is 0.0909. The van der Waals surface area contributed by atoms with Crippen LogP contribution in [0.4, 0.5) is 0 Å². The number of hydrogen-bond donors (Lipinski definition) is 0. The van der Waals surface area contributed by atoms with Gasteiger partial charge >= 0.3 is 0 Å². The van der Waals surface area contributed by atoms with Crippen LogP contribution >= 0.6 is 0 Å². The first-order chi connectivity index (χ1) is 6.92. The first-order valence-electron chi connectivity index (χ1n) is 4.26. The number of oxazole rings is 1. The van der Waals surface area contributed by atoms with Crippen molar-refractivity contribution in [1.29, 1.82) is 5.26 Å². The average molecular weight is 184 g/mol. The lowest BCUT2D eigenvalue weighted by molar-refractivity contribution is 0.571. The van der Waals surface area contributed by atoms with E-state index in [-0.39, 0.29) is 6.42 Å². The molecule has 2 rings (SSSR count). The number of hydrogen-bond acceptors (Lipinski definition) is 3. The minimum absolute atomic E-state index is 0.278. The van der Waals surface area contributed by atoms with Gasteiger partial charge in [-0.3, -0.25) is 0 Å². The van der Waals surface area contributed by atoms with E-state index in [9.17, 15) is 0 Å². The van der Waals surface area contributed by atoms with Crippen LogP contribution in [-0.2, 0) is 6.42 Å². The quantitative estimate of drug-likeness (QED) is 0.720. The average Bonchev–Trinajstić information content (AvgIpc) is 2.68. The molecule has 0 fully saturated rings. The molecule has 0 bridgehead atoms. The zero-order chi connectivity index (χ0) is 9.80. The van der Waals surface area contributed by atoms with E-state index in [0.29, 0.717) is 11.5 Å². The molecule has 68 valence electrons. The molecule has 0 unspecified atom stereocenters. The van der Waals surface area contributed by atoms with Gasteiger partial charge in [-0.05, 0) is 0 Å². The van der Waals surface area contributed by atoms with Crippen molar-refractivity contribution in [3.05, 3.63) is 42.4 Å². The Morgan fingerprint density at radius 1 is 1.29 bits per heavy atom. The van der Waals surface area contributed by atoms with E-state index in [1.165, 1.54) is 6.39 Å². The summed E-state index contributed by atoms with van der Waals surface area (Å²) in [5.41, 5.74) is 1.65. The third kappa shape index (κ3) is 1.50. The lowest BCUT2D eigenvalue weighted by Gasteiger charge is -1.96. The topological polar surface area (TPSA) is 49.8 Å². The third-order valence-electron chi connectivity index (χ3n) is 1.92. The maximum absolute atomic E-state index is 8.58. The molecule has 0 spiro atoms. The van der Waals surface area contributed by atoms with Crippen LogP contribution in [0.5, 0.6) is 0 Å². The maximum atomic E-state index is 8.58. The van der Waals surface area contributed by atoms with Gasteiger partial charge in [0.15, 0.2) is 12.2 Å². The van der Waals surface area contributed by atoms with E-state index >= 15 is 0 Å². The summed E-state index contributed by atoms with van der Waals surface area (Å²) in [7, 11) is 0. The number of benzene rings is 1. The Bertz CT molecular complexity index is 454. The van der Waals surface area contributed by atoms with Crippen LogP contribution in [0.15, 0.2) is 41.1 Å². The maximum Gasteiger partial charge on any atom is 0.181 e. The second-order valence-electron chi connectivity index (χ2n) is 2.83. The van der Waals surface area contributed by atoms with Gasteiger partial charge in [0.2, 0.25) is 0 Å². The zero-order valence-electron chi connectivity index (χ0n) is 7.47. The van der Waals surface area contributed by atoms with E-state index < -0.39 is 0 Å². The lowest BCUT2D eigenvalue weighted by atomic mass is 10.1. The van der Waals surface area contributed by atoms with Crippen LogP contribution in [0.1, 0.15) is 5.69 Å². The molecule has 0 aliphatic heterocycles. The van der Waals surface area contributed by atoms with Crippen LogP contribution in [0.2, 0.25) is 0 Å². The largest absolute Gasteiger partial charge is 0.443 e. The molecule has 0 aliphatic carbocycles. The summed E-state index contributed by atoms with van der Waals surface area (Å²) in [5.74, 6) is 0.687. The summed E-state index contributed by atoms with van der Waals surface area (Å²) in [4.78, 5) is 3.99. The Morgan fingerprint density at radius 3 is 2.79 bits per heavy atom. The molecule has 1 heterocycles. The van der Waals surface area contributed by atoms with Gasteiger partial charge in [-0.25, -0.2) is 4.98 Å². The molecule has 0 atom stereocenters. The Hall–Kier alpha value is -2.08. The molecular weight excluding hydrogens is 176 g/mol. The SMILES string of the molecule is N#CCc1ncoc1-c1ccccc1. The monoisotopic (exact) mass is 184 g/mol. The second kappa shape index (κ2) is 3.75. The van der Waals surface area contributed by atoms with Crippen LogP contribution in [0, 0.1) is 11.3 Å². The predicted molar refractivity (Wildman–Crippen MR) is 51.3 cm³/mol. The number of rotatable bonds is 2. The van der Waals surface area contributed by atoms with Crippen molar-refractivity contribution in [3.63, 3.8) is 0 Å². The highest BCUT2D eigenvalue weighted by atomic mass is 16.3. The molecule has 0 aliphatic rings. The minimum Gasteiger partial charge on any atom is -0.443 e. The summed E-state index contributed by atoms with van der Waals surface area (Å²) in [6.45, 7) is 0. The Labute approximate surface area is 81.6 Å². The van der Waals surface area contributed by atoms with Crippen molar-refractivity contribution in [2.45, 2.75) is 6.42 Å². The summed E-state index contributed by atoms with van der Waals surface area (Å²) < 4.78 is 5.24. The summed E-state index contributed by atoms with van der Waals surface area (Å²) in [5, 5.41) is 8.58. The van der Waals surface area contributed by atoms with E-state index in [1.54, 1.807) is 0 Å². The van der Waals surface area contributed by atoms with E-state index in [1.807, 2.05) is 30.3 Å². The molecule has 0 amide bonds. The molecular formula is C11H8N2O. The zero-order valence-corrected chi connectivity index (χ0v) is 7.47. The molecule has 2 aromatic rings. The van der Waals surface area contributed by atoms with Crippen molar-refractivity contribution in [2.75, 3.05) is 0 Å². The van der Waals surface area contributed by atoms with Crippen LogP contribution in [0.25, 0.3) is 11.3 Å². The Morgan fingerprint density at radius 2 is 2.07 bits per heavy atom. The first kappa shape index (κ1) is 8.52. The molecule has 3 nitrogen and oxygen atoms in total. The highest BCUT2D eigenvalue weighted by Crippen LogP contribution is 2.22. The highest BCUT2D eigenvalue weighted by molar-refractivity contribution is 5.59. The second-order valence-corrected chi connectivity index (χ2v) is 2.83. The molecule has 1 aromatic heterocycles.